The van der Waals surface area contributed by atoms with E-state index in [1.54, 1.807) is 19.1 Å². The van der Waals surface area contributed by atoms with Crippen LogP contribution in [-0.4, -0.2) is 44.2 Å². The standard InChI is InChI=1S/C14H22N2O5S2/c1-4-9(2)12(14(18)19)16-13(17)11-6-5-10(22-11)7-8-15-23(3,20)21/h5-6,9,12,15H,4,7-8H2,1-3H3,(H,16,17)(H,18,19)/t9-,12-/m0/s1. The van der Waals surface area contributed by atoms with Crippen LogP contribution in [0.5, 0.6) is 0 Å². The molecule has 1 rings (SSSR count). The minimum Gasteiger partial charge on any atom is -0.480 e. The SMILES string of the molecule is CC[C@H](C)[C@H](NC(=O)c1ccc(CCNS(C)(=O)=O)s1)C(=O)O. The summed E-state index contributed by atoms with van der Waals surface area (Å²) in [5.74, 6) is -1.65. The van der Waals surface area contributed by atoms with E-state index in [0.29, 0.717) is 17.7 Å². The number of hydrogen-bond donors (Lipinski definition) is 3. The van der Waals surface area contributed by atoms with Gasteiger partial charge in [-0.25, -0.2) is 17.9 Å². The van der Waals surface area contributed by atoms with Crippen LogP contribution >= 0.6 is 11.3 Å². The molecule has 23 heavy (non-hydrogen) atoms. The lowest BCUT2D eigenvalue weighted by molar-refractivity contribution is -0.140. The molecule has 0 aromatic carbocycles. The molecule has 1 aromatic heterocycles. The molecular weight excluding hydrogens is 340 g/mol. The molecule has 1 heterocycles. The molecule has 130 valence electrons. The van der Waals surface area contributed by atoms with Gasteiger partial charge in [0.1, 0.15) is 6.04 Å². The van der Waals surface area contributed by atoms with Gasteiger partial charge in [0.15, 0.2) is 0 Å². The van der Waals surface area contributed by atoms with Crippen LogP contribution in [0.25, 0.3) is 0 Å². The minimum atomic E-state index is -3.23. The first-order valence-electron chi connectivity index (χ1n) is 7.21. The predicted octanol–water partition coefficient (Wildman–Crippen LogP) is 1.07. The monoisotopic (exact) mass is 362 g/mol. The number of sulfonamides is 1. The van der Waals surface area contributed by atoms with Gasteiger partial charge in [-0.3, -0.25) is 4.79 Å². The molecular formula is C14H22N2O5S2. The van der Waals surface area contributed by atoms with Gasteiger partial charge >= 0.3 is 5.97 Å². The second kappa shape index (κ2) is 8.42. The van der Waals surface area contributed by atoms with E-state index in [2.05, 4.69) is 10.0 Å². The fourth-order valence-electron chi connectivity index (χ4n) is 1.89. The van der Waals surface area contributed by atoms with E-state index in [9.17, 15) is 23.1 Å². The summed E-state index contributed by atoms with van der Waals surface area (Å²) in [6.45, 7) is 3.89. The van der Waals surface area contributed by atoms with Crippen LogP contribution < -0.4 is 10.0 Å². The van der Waals surface area contributed by atoms with Crippen LogP contribution in [-0.2, 0) is 21.2 Å². The van der Waals surface area contributed by atoms with E-state index in [1.807, 2.05) is 6.92 Å². The Morgan fingerprint density at radius 1 is 1.35 bits per heavy atom. The Bertz CT molecular complexity index is 654. The molecule has 0 saturated carbocycles. The Balaban J connectivity index is 2.65. The van der Waals surface area contributed by atoms with Crippen molar-refractivity contribution in [1.29, 1.82) is 0 Å². The van der Waals surface area contributed by atoms with E-state index in [0.717, 1.165) is 11.1 Å². The highest BCUT2D eigenvalue weighted by molar-refractivity contribution is 7.88. The van der Waals surface area contributed by atoms with Gasteiger partial charge in [-0.1, -0.05) is 20.3 Å². The first-order valence-corrected chi connectivity index (χ1v) is 9.91. The molecule has 0 aliphatic carbocycles. The first kappa shape index (κ1) is 19.6. The number of hydrogen-bond acceptors (Lipinski definition) is 5. The average molecular weight is 362 g/mol. The fourth-order valence-corrected chi connectivity index (χ4v) is 3.27. The summed E-state index contributed by atoms with van der Waals surface area (Å²) in [6, 6.07) is 2.43. The molecule has 1 amide bonds. The van der Waals surface area contributed by atoms with Crippen LogP contribution in [0.1, 0.15) is 34.8 Å². The van der Waals surface area contributed by atoms with Gasteiger partial charge in [0.05, 0.1) is 11.1 Å². The van der Waals surface area contributed by atoms with Crippen molar-refractivity contribution in [2.75, 3.05) is 12.8 Å². The molecule has 1 aromatic rings. The zero-order chi connectivity index (χ0) is 17.6. The van der Waals surface area contributed by atoms with Gasteiger partial charge in [-0.2, -0.15) is 0 Å². The van der Waals surface area contributed by atoms with Crippen LogP contribution in [0.3, 0.4) is 0 Å². The van der Waals surface area contributed by atoms with E-state index < -0.39 is 27.9 Å². The van der Waals surface area contributed by atoms with Crippen molar-refractivity contribution in [2.45, 2.75) is 32.7 Å². The highest BCUT2D eigenvalue weighted by Crippen LogP contribution is 2.18. The predicted molar refractivity (Wildman–Crippen MR) is 89.2 cm³/mol. The van der Waals surface area contributed by atoms with Crippen molar-refractivity contribution in [3.05, 3.63) is 21.9 Å². The molecule has 0 aliphatic heterocycles. The lowest BCUT2D eigenvalue weighted by Gasteiger charge is -2.19. The van der Waals surface area contributed by atoms with Crippen LogP contribution in [0.4, 0.5) is 0 Å². The quantitative estimate of drug-likeness (QED) is 0.608. The maximum atomic E-state index is 12.2. The second-order valence-corrected chi connectivity index (χ2v) is 8.36. The highest BCUT2D eigenvalue weighted by atomic mass is 32.2. The zero-order valence-corrected chi connectivity index (χ0v) is 15.0. The van der Waals surface area contributed by atoms with Crippen molar-refractivity contribution in [2.24, 2.45) is 5.92 Å². The second-order valence-electron chi connectivity index (χ2n) is 5.36. The number of rotatable bonds is 9. The number of carbonyl (C=O) groups excluding carboxylic acids is 1. The molecule has 3 N–H and O–H groups in total. The van der Waals surface area contributed by atoms with Gasteiger partial charge < -0.3 is 10.4 Å². The Morgan fingerprint density at radius 2 is 2.00 bits per heavy atom. The molecule has 7 nitrogen and oxygen atoms in total. The van der Waals surface area contributed by atoms with Gasteiger partial charge in [0.2, 0.25) is 10.0 Å². The Morgan fingerprint density at radius 3 is 2.52 bits per heavy atom. The van der Waals surface area contributed by atoms with Gasteiger partial charge in [0, 0.05) is 11.4 Å². The molecule has 0 bridgehead atoms. The van der Waals surface area contributed by atoms with Crippen LogP contribution in [0.2, 0.25) is 0 Å². The molecule has 9 heteroatoms. The maximum absolute atomic E-state index is 12.2. The number of carboxylic acids is 1. The first-order chi connectivity index (χ1) is 10.6. The average Bonchev–Trinajstić information content (AvgIpc) is 2.90. The van der Waals surface area contributed by atoms with E-state index in [4.69, 9.17) is 0 Å². The third-order valence-corrected chi connectivity index (χ3v) is 5.26. The molecule has 0 spiro atoms. The third kappa shape index (κ3) is 6.67. The Kier molecular flexibility index (Phi) is 7.17. The smallest absolute Gasteiger partial charge is 0.326 e. The largest absolute Gasteiger partial charge is 0.480 e. The summed E-state index contributed by atoms with van der Waals surface area (Å²) in [7, 11) is -3.23. The van der Waals surface area contributed by atoms with Crippen LogP contribution in [0, 0.1) is 5.92 Å². The number of thiophene rings is 1. The summed E-state index contributed by atoms with van der Waals surface area (Å²) in [5.41, 5.74) is 0. The van der Waals surface area contributed by atoms with Crippen LogP contribution in [0.15, 0.2) is 12.1 Å². The minimum absolute atomic E-state index is 0.171. The summed E-state index contributed by atoms with van der Waals surface area (Å²) in [5, 5.41) is 11.7. The molecule has 2 atom stereocenters. The van der Waals surface area contributed by atoms with E-state index in [1.165, 1.54) is 11.3 Å². The number of carbonyl (C=O) groups is 2. The number of carboxylic acid groups (broad SMARTS) is 1. The summed E-state index contributed by atoms with van der Waals surface area (Å²) in [4.78, 5) is 24.6. The van der Waals surface area contributed by atoms with Gasteiger partial charge in [0.25, 0.3) is 5.91 Å². The number of nitrogens with one attached hydrogen (secondary N) is 2. The lowest BCUT2D eigenvalue weighted by atomic mass is 9.99. The Hall–Kier alpha value is -1.45. The zero-order valence-electron chi connectivity index (χ0n) is 13.3. The Labute approximate surface area is 140 Å². The fraction of sp³-hybridized carbons (Fsp3) is 0.571. The molecule has 0 aliphatic rings. The van der Waals surface area contributed by atoms with Gasteiger partial charge in [-0.15, -0.1) is 11.3 Å². The van der Waals surface area contributed by atoms with Crippen molar-refractivity contribution in [3.8, 4) is 0 Å². The van der Waals surface area contributed by atoms with Crippen molar-refractivity contribution in [3.63, 3.8) is 0 Å². The van der Waals surface area contributed by atoms with E-state index >= 15 is 0 Å². The van der Waals surface area contributed by atoms with Gasteiger partial charge in [-0.05, 0) is 24.5 Å². The molecule has 0 unspecified atom stereocenters. The number of amides is 1. The normalized spacial score (nSPS) is 14.2. The van der Waals surface area contributed by atoms with E-state index in [-0.39, 0.29) is 12.5 Å². The summed E-state index contributed by atoms with van der Waals surface area (Å²) < 4.78 is 24.3. The summed E-state index contributed by atoms with van der Waals surface area (Å²) >= 11 is 1.22. The molecule has 0 radical (unpaired) electrons. The van der Waals surface area contributed by atoms with Crippen molar-refractivity contribution >= 4 is 33.2 Å². The highest BCUT2D eigenvalue weighted by Gasteiger charge is 2.26. The molecule has 0 fully saturated rings. The topological polar surface area (TPSA) is 113 Å². The van der Waals surface area contributed by atoms with Crippen molar-refractivity contribution in [1.82, 2.24) is 10.0 Å². The van der Waals surface area contributed by atoms with Crippen molar-refractivity contribution < 1.29 is 23.1 Å². The maximum Gasteiger partial charge on any atom is 0.326 e. The number of aliphatic carboxylic acids is 1. The molecule has 0 saturated heterocycles. The lowest BCUT2D eigenvalue weighted by Crippen LogP contribution is -2.44. The summed E-state index contributed by atoms with van der Waals surface area (Å²) in [6.07, 6.45) is 2.20. The third-order valence-electron chi connectivity index (χ3n) is 3.39.